The number of benzene rings is 2. The second-order valence-corrected chi connectivity index (χ2v) is 9.69. The Morgan fingerprint density at radius 2 is 1.20 bits per heavy atom. The van der Waals surface area contributed by atoms with Crippen molar-refractivity contribution < 1.29 is 64.0 Å². The van der Waals surface area contributed by atoms with Crippen LogP contribution < -0.4 is 0 Å². The van der Waals surface area contributed by atoms with Crippen molar-refractivity contribution in [2.45, 2.75) is 18.8 Å². The fourth-order valence-electron chi connectivity index (χ4n) is 3.93. The first kappa shape index (κ1) is 38.7. The largest absolute Gasteiger partial charge is 0.417 e. The number of allylic oxidation sites excluding steroid dienone is 1. The van der Waals surface area contributed by atoms with Gasteiger partial charge in [-0.05, 0) is 42.1 Å². The molecule has 0 saturated heterocycles. The number of nitrogens with zero attached hydrogens (tertiary/aromatic N) is 4. The van der Waals surface area contributed by atoms with Crippen molar-refractivity contribution in [2.75, 3.05) is 0 Å². The summed E-state index contributed by atoms with van der Waals surface area (Å²) in [5.74, 6) is -5.11. The Hall–Kier alpha value is -4.75. The molecule has 0 spiro atoms. The molecule has 0 N–H and O–H groups in total. The minimum atomic E-state index is -4.50. The van der Waals surface area contributed by atoms with E-state index in [4.69, 9.17) is 0 Å². The van der Waals surface area contributed by atoms with Gasteiger partial charge >= 0.3 is 12.4 Å². The third kappa shape index (κ3) is 11.1. The first-order valence-electron chi connectivity index (χ1n) is 13.6. The molecular formula is C34H20F10IrN4-2. The van der Waals surface area contributed by atoms with Gasteiger partial charge < -0.3 is 9.98 Å². The van der Waals surface area contributed by atoms with Crippen LogP contribution in [-0.4, -0.2) is 27.3 Å². The van der Waals surface area contributed by atoms with Gasteiger partial charge in [0.15, 0.2) is 0 Å². The van der Waals surface area contributed by atoms with Gasteiger partial charge in [0.25, 0.3) is 0 Å². The first-order chi connectivity index (χ1) is 22.7. The molecule has 1 aliphatic rings. The number of aliphatic imine (C=N–C) groups is 1. The van der Waals surface area contributed by atoms with Crippen molar-refractivity contribution in [1.29, 1.82) is 0 Å². The van der Waals surface area contributed by atoms with Crippen LogP contribution in [0.1, 0.15) is 17.5 Å². The SMILES string of the molecule is Fc1c[c-]c(-c2ccc(C(F)(F)F)cn2)c(F)c1.Fc1c[c-]c(C2=CC[C@@H](C(F)(F)F)C=N2)c(F)c1.[Ir].c1ccc(-c2ccccn2)nc1. The van der Waals surface area contributed by atoms with Gasteiger partial charge in [0.05, 0.1) is 22.9 Å². The second-order valence-electron chi connectivity index (χ2n) is 9.69. The summed E-state index contributed by atoms with van der Waals surface area (Å²) in [6, 6.07) is 21.0. The molecule has 4 nitrogen and oxygen atoms in total. The smallest absolute Gasteiger partial charge is 0.309 e. The fraction of sp³-hybridized carbons (Fsp3) is 0.118. The topological polar surface area (TPSA) is 51.0 Å². The molecule has 0 bridgehead atoms. The molecule has 0 amide bonds. The van der Waals surface area contributed by atoms with Crippen LogP contribution in [0, 0.1) is 41.3 Å². The molecule has 3 aromatic heterocycles. The molecule has 0 fully saturated rings. The van der Waals surface area contributed by atoms with Crippen LogP contribution in [0.2, 0.25) is 0 Å². The van der Waals surface area contributed by atoms with E-state index >= 15 is 0 Å². The molecule has 4 heterocycles. The van der Waals surface area contributed by atoms with E-state index in [-0.39, 0.29) is 49.0 Å². The molecule has 6 rings (SSSR count). The van der Waals surface area contributed by atoms with Crippen molar-refractivity contribution >= 4 is 11.9 Å². The Morgan fingerprint density at radius 3 is 1.59 bits per heavy atom. The van der Waals surface area contributed by atoms with Crippen LogP contribution in [0.15, 0.2) is 102 Å². The molecule has 1 aliphatic heterocycles. The standard InChI is InChI=1S/C12H7F5N.C12H5F5N.C10H8N2.Ir/c2*13-8-2-3-9(10(14)5-8)11-4-1-7(6-18-11)12(15,16)17;1-3-7-11-9(5-1)10-6-2-4-8-12-10;/h2,4-7H,1H2;1-2,4-6H;1-8H;/q2*-1;;/t7-;;;/m1.../s1. The average Bonchev–Trinajstić information content (AvgIpc) is 3.06. The van der Waals surface area contributed by atoms with E-state index in [0.717, 1.165) is 41.9 Å². The molecule has 0 unspecified atom stereocenters. The third-order valence-electron chi connectivity index (χ3n) is 6.29. The molecular weight excluding hydrogens is 847 g/mol. The monoisotopic (exact) mass is 867 g/mol. The van der Waals surface area contributed by atoms with E-state index < -0.39 is 47.1 Å². The Balaban J connectivity index is 0.000000201. The number of rotatable bonds is 3. The quantitative estimate of drug-likeness (QED) is 0.134. The van der Waals surface area contributed by atoms with Gasteiger partial charge in [-0.1, -0.05) is 53.6 Å². The molecule has 49 heavy (non-hydrogen) atoms. The Morgan fingerprint density at radius 1 is 0.653 bits per heavy atom. The Bertz CT molecular complexity index is 1830. The number of hydrogen-bond donors (Lipinski definition) is 0. The van der Waals surface area contributed by atoms with E-state index in [1.165, 1.54) is 6.08 Å². The zero-order valence-corrected chi connectivity index (χ0v) is 26.9. The minimum Gasteiger partial charge on any atom is -0.309 e. The van der Waals surface area contributed by atoms with Crippen molar-refractivity contribution in [2.24, 2.45) is 10.9 Å². The summed E-state index contributed by atoms with van der Waals surface area (Å²) in [6.07, 6.45) is -3.16. The van der Waals surface area contributed by atoms with Crippen molar-refractivity contribution in [3.05, 3.63) is 144 Å². The predicted octanol–water partition coefficient (Wildman–Crippen LogP) is 9.75. The van der Waals surface area contributed by atoms with Crippen molar-refractivity contribution in [3.63, 3.8) is 0 Å². The second kappa shape index (κ2) is 17.1. The molecule has 2 aromatic carbocycles. The van der Waals surface area contributed by atoms with Gasteiger partial charge in [-0.2, -0.15) is 26.3 Å². The van der Waals surface area contributed by atoms with Gasteiger partial charge in [-0.15, -0.1) is 24.3 Å². The van der Waals surface area contributed by atoms with Crippen molar-refractivity contribution in [3.8, 4) is 22.6 Å². The maximum atomic E-state index is 13.4. The van der Waals surface area contributed by atoms with Crippen LogP contribution in [0.25, 0.3) is 28.3 Å². The number of halogens is 10. The van der Waals surface area contributed by atoms with Crippen LogP contribution in [0.3, 0.4) is 0 Å². The number of alkyl halides is 6. The van der Waals surface area contributed by atoms with Gasteiger partial charge in [-0.3, -0.25) is 27.5 Å². The van der Waals surface area contributed by atoms with Crippen LogP contribution >= 0.6 is 0 Å². The number of hydrogen-bond acceptors (Lipinski definition) is 4. The molecule has 5 aromatic rings. The van der Waals surface area contributed by atoms with Gasteiger partial charge in [0, 0.05) is 68.2 Å². The maximum absolute atomic E-state index is 13.4. The van der Waals surface area contributed by atoms with Crippen LogP contribution in [0.4, 0.5) is 43.9 Å². The van der Waals surface area contributed by atoms with Crippen molar-refractivity contribution in [1.82, 2.24) is 15.0 Å². The number of pyridine rings is 3. The Kier molecular flexibility index (Phi) is 13.5. The summed E-state index contributed by atoms with van der Waals surface area (Å²) in [5.41, 5.74) is 0.580. The van der Waals surface area contributed by atoms with Gasteiger partial charge in [0.1, 0.15) is 0 Å². The minimum absolute atomic E-state index is 0. The molecule has 1 radical (unpaired) electrons. The summed E-state index contributed by atoms with van der Waals surface area (Å²) < 4.78 is 126. The molecule has 0 aliphatic carbocycles. The molecule has 257 valence electrons. The maximum Gasteiger partial charge on any atom is 0.417 e. The molecule has 1 atom stereocenters. The molecule has 15 heteroatoms. The number of aromatic nitrogens is 3. The summed E-state index contributed by atoms with van der Waals surface area (Å²) in [7, 11) is 0. The zero-order valence-electron chi connectivity index (χ0n) is 24.5. The van der Waals surface area contributed by atoms with Crippen LogP contribution in [0.5, 0.6) is 0 Å². The van der Waals surface area contributed by atoms with E-state index in [1.54, 1.807) is 12.4 Å². The molecule has 0 saturated carbocycles. The fourth-order valence-corrected chi connectivity index (χ4v) is 3.93. The third-order valence-corrected chi connectivity index (χ3v) is 6.29. The normalized spacial score (nSPS) is 13.9. The van der Waals surface area contributed by atoms with Gasteiger partial charge in [0.2, 0.25) is 0 Å². The predicted molar refractivity (Wildman–Crippen MR) is 157 cm³/mol. The van der Waals surface area contributed by atoms with Gasteiger partial charge in [-0.25, -0.2) is 0 Å². The first-order valence-corrected chi connectivity index (χ1v) is 13.6. The summed E-state index contributed by atoms with van der Waals surface area (Å²) in [6.45, 7) is 0. The zero-order chi connectivity index (χ0) is 34.9. The van der Waals surface area contributed by atoms with E-state index in [2.05, 4.69) is 32.1 Å². The Labute approximate surface area is 286 Å². The van der Waals surface area contributed by atoms with Crippen LogP contribution in [-0.2, 0) is 26.3 Å². The van der Waals surface area contributed by atoms with E-state index in [1.807, 2.05) is 36.4 Å². The van der Waals surface area contributed by atoms with E-state index in [9.17, 15) is 43.9 Å². The summed E-state index contributed by atoms with van der Waals surface area (Å²) >= 11 is 0. The summed E-state index contributed by atoms with van der Waals surface area (Å²) in [4.78, 5) is 15.4. The van der Waals surface area contributed by atoms with E-state index in [0.29, 0.717) is 18.3 Å². The summed E-state index contributed by atoms with van der Waals surface area (Å²) in [5, 5.41) is 0. The average molecular weight is 867 g/mol.